The van der Waals surface area contributed by atoms with Gasteiger partial charge in [0.25, 0.3) is 0 Å². The van der Waals surface area contributed by atoms with E-state index >= 15 is 0 Å². The molecule has 0 spiro atoms. The Labute approximate surface area is 117 Å². The van der Waals surface area contributed by atoms with Crippen LogP contribution in [0.4, 0.5) is 0 Å². The van der Waals surface area contributed by atoms with Gasteiger partial charge in [-0.3, -0.25) is 9.69 Å². The Morgan fingerprint density at radius 1 is 1.21 bits per heavy atom. The van der Waals surface area contributed by atoms with Gasteiger partial charge in [-0.2, -0.15) is 0 Å². The highest BCUT2D eigenvalue weighted by Gasteiger charge is 2.31. The second-order valence-corrected chi connectivity index (χ2v) is 6.96. The van der Waals surface area contributed by atoms with E-state index in [0.717, 1.165) is 39.3 Å². The molecule has 1 heterocycles. The molecule has 0 bridgehead atoms. The number of hydrogen-bond donors (Lipinski definition) is 1. The van der Waals surface area contributed by atoms with Crippen LogP contribution in [0.3, 0.4) is 0 Å². The van der Waals surface area contributed by atoms with Crippen molar-refractivity contribution < 1.29 is 9.53 Å². The van der Waals surface area contributed by atoms with Gasteiger partial charge in [0.1, 0.15) is 0 Å². The molecule has 0 radical (unpaired) electrons. The molecule has 1 amide bonds. The van der Waals surface area contributed by atoms with Gasteiger partial charge in [0.05, 0.1) is 13.2 Å². The smallest absolute Gasteiger partial charge is 0.220 e. The van der Waals surface area contributed by atoms with Gasteiger partial charge in [0.15, 0.2) is 0 Å². The van der Waals surface area contributed by atoms with E-state index in [-0.39, 0.29) is 16.9 Å². The normalized spacial score (nSPS) is 20.9. The van der Waals surface area contributed by atoms with Crippen molar-refractivity contribution in [2.45, 2.75) is 53.0 Å². The molecular weight excluding hydrogens is 240 g/mol. The molecule has 1 fully saturated rings. The predicted octanol–water partition coefficient (Wildman–Crippen LogP) is 2.04. The van der Waals surface area contributed by atoms with Gasteiger partial charge in [-0.1, -0.05) is 27.7 Å². The summed E-state index contributed by atoms with van der Waals surface area (Å²) < 4.78 is 5.40. The molecule has 0 aromatic carbocycles. The summed E-state index contributed by atoms with van der Waals surface area (Å²) in [6, 6.07) is 0. The summed E-state index contributed by atoms with van der Waals surface area (Å²) in [5.41, 5.74) is 0.0863. The van der Waals surface area contributed by atoms with Gasteiger partial charge >= 0.3 is 0 Å². The maximum Gasteiger partial charge on any atom is 0.220 e. The lowest BCUT2D eigenvalue weighted by Gasteiger charge is -2.43. The van der Waals surface area contributed by atoms with Gasteiger partial charge < -0.3 is 10.1 Å². The molecule has 0 saturated carbocycles. The van der Waals surface area contributed by atoms with Gasteiger partial charge in [-0.05, 0) is 18.8 Å². The zero-order valence-electron chi connectivity index (χ0n) is 13.2. The van der Waals surface area contributed by atoms with Gasteiger partial charge in [0, 0.05) is 31.6 Å². The molecule has 4 heteroatoms. The Kier molecular flexibility index (Phi) is 5.81. The first-order chi connectivity index (χ1) is 8.77. The average molecular weight is 270 g/mol. The lowest BCUT2D eigenvalue weighted by Crippen LogP contribution is -2.57. The summed E-state index contributed by atoms with van der Waals surface area (Å²) in [7, 11) is 0. The highest BCUT2D eigenvalue weighted by molar-refractivity contribution is 5.76. The van der Waals surface area contributed by atoms with Gasteiger partial charge in [0.2, 0.25) is 5.91 Å². The van der Waals surface area contributed by atoms with Crippen LogP contribution in [0, 0.1) is 5.41 Å². The second-order valence-electron chi connectivity index (χ2n) is 6.96. The molecule has 19 heavy (non-hydrogen) atoms. The fraction of sp³-hybridized carbons (Fsp3) is 0.933. The topological polar surface area (TPSA) is 41.6 Å². The third kappa shape index (κ3) is 5.49. The summed E-state index contributed by atoms with van der Waals surface area (Å²) in [6.07, 6.45) is 1.61. The number of rotatable bonds is 5. The molecule has 1 atom stereocenters. The zero-order valence-corrected chi connectivity index (χ0v) is 13.2. The largest absolute Gasteiger partial charge is 0.379 e. The monoisotopic (exact) mass is 270 g/mol. The molecule has 1 unspecified atom stereocenters. The van der Waals surface area contributed by atoms with Crippen molar-refractivity contribution in [2.75, 3.05) is 32.8 Å². The zero-order chi connectivity index (χ0) is 14.5. The fourth-order valence-electron chi connectivity index (χ4n) is 2.40. The second kappa shape index (κ2) is 6.71. The van der Waals surface area contributed by atoms with E-state index in [1.165, 1.54) is 0 Å². The van der Waals surface area contributed by atoms with Gasteiger partial charge in [-0.25, -0.2) is 0 Å². The van der Waals surface area contributed by atoms with Crippen molar-refractivity contribution in [1.29, 1.82) is 0 Å². The van der Waals surface area contributed by atoms with E-state index in [1.54, 1.807) is 0 Å². The first-order valence-electron chi connectivity index (χ1n) is 7.36. The standard InChI is InChI=1S/C15H30N2O2/c1-6-15(5,17-7-9-19-10-8-17)12-16-13(18)11-14(2,3)4/h6-12H2,1-5H3,(H,16,18). The Hall–Kier alpha value is -0.610. The van der Waals surface area contributed by atoms with Crippen LogP contribution in [0.15, 0.2) is 0 Å². The van der Waals surface area contributed by atoms with Crippen molar-refractivity contribution in [2.24, 2.45) is 5.41 Å². The Balaban J connectivity index is 2.48. The minimum absolute atomic E-state index is 0.0390. The van der Waals surface area contributed by atoms with Crippen LogP contribution in [-0.2, 0) is 9.53 Å². The highest BCUT2D eigenvalue weighted by Crippen LogP contribution is 2.21. The average Bonchev–Trinajstić information content (AvgIpc) is 2.35. The summed E-state index contributed by atoms with van der Waals surface area (Å²) in [6.45, 7) is 14.9. The van der Waals surface area contributed by atoms with Crippen LogP contribution in [-0.4, -0.2) is 49.2 Å². The number of ether oxygens (including phenoxy) is 1. The van der Waals surface area contributed by atoms with Crippen LogP contribution >= 0.6 is 0 Å². The Morgan fingerprint density at radius 3 is 2.26 bits per heavy atom. The number of carbonyl (C=O) groups excluding carboxylic acids is 1. The van der Waals surface area contributed by atoms with E-state index in [0.29, 0.717) is 6.42 Å². The van der Waals surface area contributed by atoms with E-state index in [9.17, 15) is 4.79 Å². The molecule has 0 aromatic rings. The van der Waals surface area contributed by atoms with E-state index in [2.05, 4.69) is 44.8 Å². The van der Waals surface area contributed by atoms with E-state index in [1.807, 2.05) is 0 Å². The maximum absolute atomic E-state index is 11.9. The number of hydrogen-bond acceptors (Lipinski definition) is 3. The number of nitrogens with zero attached hydrogens (tertiary/aromatic N) is 1. The van der Waals surface area contributed by atoms with Crippen molar-refractivity contribution in [3.05, 3.63) is 0 Å². The third-order valence-electron chi connectivity index (χ3n) is 3.89. The number of morpholine rings is 1. The van der Waals surface area contributed by atoms with E-state index in [4.69, 9.17) is 4.74 Å². The molecular formula is C15H30N2O2. The highest BCUT2D eigenvalue weighted by atomic mass is 16.5. The quantitative estimate of drug-likeness (QED) is 0.831. The molecule has 112 valence electrons. The van der Waals surface area contributed by atoms with Crippen molar-refractivity contribution in [3.63, 3.8) is 0 Å². The third-order valence-corrected chi connectivity index (χ3v) is 3.89. The molecule has 1 aliphatic rings. The van der Waals surface area contributed by atoms with E-state index < -0.39 is 0 Å². The Morgan fingerprint density at radius 2 is 1.79 bits per heavy atom. The first-order valence-corrected chi connectivity index (χ1v) is 7.36. The van der Waals surface area contributed by atoms with Crippen LogP contribution < -0.4 is 5.32 Å². The molecule has 1 rings (SSSR count). The SMILES string of the molecule is CCC(C)(CNC(=O)CC(C)(C)C)N1CCOCC1. The fourth-order valence-corrected chi connectivity index (χ4v) is 2.40. The molecule has 0 aliphatic carbocycles. The van der Waals surface area contributed by atoms with Gasteiger partial charge in [-0.15, -0.1) is 0 Å². The summed E-state index contributed by atoms with van der Waals surface area (Å²) in [4.78, 5) is 14.4. The van der Waals surface area contributed by atoms with Crippen LogP contribution in [0.25, 0.3) is 0 Å². The lowest BCUT2D eigenvalue weighted by atomic mass is 9.91. The van der Waals surface area contributed by atoms with Crippen LogP contribution in [0.1, 0.15) is 47.5 Å². The lowest BCUT2D eigenvalue weighted by molar-refractivity contribution is -0.123. The van der Waals surface area contributed by atoms with Crippen LogP contribution in [0.5, 0.6) is 0 Å². The molecule has 1 saturated heterocycles. The molecule has 1 aliphatic heterocycles. The minimum atomic E-state index is 0.0390. The predicted molar refractivity (Wildman–Crippen MR) is 78.2 cm³/mol. The van der Waals surface area contributed by atoms with Crippen molar-refractivity contribution >= 4 is 5.91 Å². The number of carbonyl (C=O) groups is 1. The van der Waals surface area contributed by atoms with Crippen LogP contribution in [0.2, 0.25) is 0 Å². The Bertz CT molecular complexity index is 293. The minimum Gasteiger partial charge on any atom is -0.379 e. The molecule has 4 nitrogen and oxygen atoms in total. The number of nitrogens with one attached hydrogen (secondary N) is 1. The van der Waals surface area contributed by atoms with Crippen molar-refractivity contribution in [3.8, 4) is 0 Å². The number of amides is 1. The maximum atomic E-state index is 11.9. The van der Waals surface area contributed by atoms with Crippen molar-refractivity contribution in [1.82, 2.24) is 10.2 Å². The molecule has 1 N–H and O–H groups in total. The summed E-state index contributed by atoms with van der Waals surface area (Å²) in [5, 5.41) is 3.11. The molecule has 0 aromatic heterocycles. The summed E-state index contributed by atoms with van der Waals surface area (Å²) in [5.74, 6) is 0.153. The first kappa shape index (κ1) is 16.4. The summed E-state index contributed by atoms with van der Waals surface area (Å²) >= 11 is 0.